The Labute approximate surface area is 233 Å². The molecule has 6 nitrogen and oxygen atoms in total. The van der Waals surface area contributed by atoms with E-state index in [1.165, 1.54) is 23.5 Å². The summed E-state index contributed by atoms with van der Waals surface area (Å²) in [5.41, 5.74) is 4.38. The third-order valence-corrected chi connectivity index (χ3v) is 9.24. The van der Waals surface area contributed by atoms with Gasteiger partial charge in [-0.2, -0.15) is 5.01 Å². The van der Waals surface area contributed by atoms with Gasteiger partial charge in [-0.3, -0.25) is 19.2 Å². The monoisotopic (exact) mass is 552 g/mol. The van der Waals surface area contributed by atoms with Crippen molar-refractivity contribution in [2.24, 2.45) is 11.8 Å². The van der Waals surface area contributed by atoms with E-state index in [4.69, 9.17) is 11.6 Å². The molecule has 4 aliphatic rings. The number of hydrazine groups is 1. The second-order valence-corrected chi connectivity index (χ2v) is 11.4. The molecule has 8 heteroatoms. The standard InChI is InChI=1S/C31H21ClN2O4S/c32-18-13-11-17(12-14-18)29(36)33(16-23(35)24-10-5-15-39-24)34-30(37)27-25-19-6-1-2-7-20(19)26(28(27)31(34)38)22-9-4-3-8-21(22)25/h1-15,25-28H,16H2/t25?,26?,27-,28-/m1/s1. The summed E-state index contributed by atoms with van der Waals surface area (Å²) >= 11 is 7.28. The fourth-order valence-electron chi connectivity index (χ4n) is 6.53. The summed E-state index contributed by atoms with van der Waals surface area (Å²) in [6.07, 6.45) is 0. The van der Waals surface area contributed by atoms with Crippen molar-refractivity contribution in [3.63, 3.8) is 0 Å². The zero-order valence-corrected chi connectivity index (χ0v) is 22.1. The van der Waals surface area contributed by atoms with Crippen LogP contribution in [0.15, 0.2) is 90.3 Å². The van der Waals surface area contributed by atoms with Crippen molar-refractivity contribution in [3.05, 3.63) is 128 Å². The molecule has 1 saturated heterocycles. The number of rotatable bonds is 5. The van der Waals surface area contributed by atoms with Crippen molar-refractivity contribution >= 4 is 46.4 Å². The van der Waals surface area contributed by atoms with Crippen LogP contribution < -0.4 is 0 Å². The maximum atomic E-state index is 14.2. The number of imide groups is 1. The SMILES string of the molecule is O=C(CN(C(=O)c1ccc(Cl)cc1)N1C(=O)[C@@H]2C3c4ccccc4C(c4ccccc43)[C@H]2C1=O)c1cccs1. The Kier molecular flexibility index (Phi) is 5.54. The zero-order chi connectivity index (χ0) is 26.8. The fourth-order valence-corrected chi connectivity index (χ4v) is 7.31. The van der Waals surface area contributed by atoms with Gasteiger partial charge in [-0.05, 0) is 58.0 Å². The number of hydrogen-bond acceptors (Lipinski definition) is 5. The van der Waals surface area contributed by atoms with Gasteiger partial charge in [-0.15, -0.1) is 11.3 Å². The molecule has 2 atom stereocenters. The van der Waals surface area contributed by atoms with Gasteiger partial charge in [0.2, 0.25) is 0 Å². The number of thiophene rings is 1. The summed E-state index contributed by atoms with van der Waals surface area (Å²) in [7, 11) is 0. The summed E-state index contributed by atoms with van der Waals surface area (Å²) in [6.45, 7) is -0.436. The van der Waals surface area contributed by atoms with Crippen LogP contribution in [0.25, 0.3) is 0 Å². The second-order valence-electron chi connectivity index (χ2n) is 10.0. The first kappa shape index (κ1) is 24.0. The van der Waals surface area contributed by atoms with Crippen LogP contribution in [-0.2, 0) is 9.59 Å². The Bertz CT molecular complexity index is 1550. The van der Waals surface area contributed by atoms with Gasteiger partial charge in [0.05, 0.1) is 16.7 Å². The predicted molar refractivity (Wildman–Crippen MR) is 147 cm³/mol. The minimum Gasteiger partial charge on any atom is -0.291 e. The molecule has 3 amide bonds. The highest BCUT2D eigenvalue weighted by molar-refractivity contribution is 7.12. The van der Waals surface area contributed by atoms with Crippen molar-refractivity contribution in [2.45, 2.75) is 11.8 Å². The lowest BCUT2D eigenvalue weighted by Crippen LogP contribution is -2.52. The number of amides is 3. The highest BCUT2D eigenvalue weighted by atomic mass is 35.5. The van der Waals surface area contributed by atoms with Crippen LogP contribution in [0.2, 0.25) is 5.02 Å². The first-order valence-corrected chi connectivity index (χ1v) is 13.9. The number of carbonyl (C=O) groups excluding carboxylic acids is 4. The van der Waals surface area contributed by atoms with Crippen LogP contribution in [0.1, 0.15) is 54.1 Å². The molecule has 0 spiro atoms. The molecular weight excluding hydrogens is 532 g/mol. The van der Waals surface area contributed by atoms with Gasteiger partial charge in [0, 0.05) is 22.4 Å². The fraction of sp³-hybridized carbons (Fsp3) is 0.161. The molecule has 192 valence electrons. The van der Waals surface area contributed by atoms with E-state index in [-0.39, 0.29) is 23.2 Å². The number of benzene rings is 3. The van der Waals surface area contributed by atoms with Crippen molar-refractivity contribution in [1.82, 2.24) is 10.0 Å². The van der Waals surface area contributed by atoms with E-state index >= 15 is 0 Å². The number of ketones is 1. The summed E-state index contributed by atoms with van der Waals surface area (Å²) in [5, 5.41) is 4.20. The summed E-state index contributed by atoms with van der Waals surface area (Å²) in [4.78, 5) is 56.0. The third kappa shape index (κ3) is 3.53. The van der Waals surface area contributed by atoms with Gasteiger partial charge >= 0.3 is 0 Å². The third-order valence-electron chi connectivity index (χ3n) is 8.08. The van der Waals surface area contributed by atoms with Crippen LogP contribution >= 0.6 is 22.9 Å². The Hall–Kier alpha value is -4.07. The van der Waals surface area contributed by atoms with Crippen molar-refractivity contribution in [1.29, 1.82) is 0 Å². The van der Waals surface area contributed by atoms with Crippen LogP contribution in [0.4, 0.5) is 0 Å². The molecule has 2 bridgehead atoms. The van der Waals surface area contributed by atoms with Crippen LogP contribution in [0.3, 0.4) is 0 Å². The lowest BCUT2D eigenvalue weighted by Gasteiger charge is -2.45. The van der Waals surface area contributed by atoms with Gasteiger partial charge in [0.25, 0.3) is 17.7 Å². The van der Waals surface area contributed by atoms with Crippen molar-refractivity contribution < 1.29 is 19.2 Å². The van der Waals surface area contributed by atoms with Crippen LogP contribution in [-0.4, -0.2) is 40.1 Å². The quantitative estimate of drug-likeness (QED) is 0.241. The molecule has 8 rings (SSSR count). The number of Topliss-reactive ketones (excluding diaryl/α,β-unsaturated/α-hetero) is 1. The largest absolute Gasteiger partial charge is 0.291 e. The lowest BCUT2D eigenvalue weighted by atomic mass is 9.55. The van der Waals surface area contributed by atoms with E-state index in [9.17, 15) is 19.2 Å². The molecule has 1 aliphatic heterocycles. The molecule has 4 aromatic rings. The summed E-state index contributed by atoms with van der Waals surface area (Å²) in [6, 6.07) is 25.5. The number of halogens is 1. The molecule has 3 aliphatic carbocycles. The highest BCUT2D eigenvalue weighted by Gasteiger charge is 2.63. The first-order valence-electron chi connectivity index (χ1n) is 12.6. The number of carbonyl (C=O) groups is 4. The maximum absolute atomic E-state index is 14.2. The van der Waals surface area contributed by atoms with E-state index in [0.717, 1.165) is 32.3 Å². The highest BCUT2D eigenvalue weighted by Crippen LogP contribution is 2.61. The molecular formula is C31H21ClN2O4S. The smallest absolute Gasteiger partial charge is 0.273 e. The predicted octanol–water partition coefficient (Wildman–Crippen LogP) is 5.53. The van der Waals surface area contributed by atoms with Crippen LogP contribution in [0.5, 0.6) is 0 Å². The molecule has 3 aromatic carbocycles. The molecule has 1 fully saturated rings. The van der Waals surface area contributed by atoms with Crippen LogP contribution in [0, 0.1) is 11.8 Å². The lowest BCUT2D eigenvalue weighted by molar-refractivity contribution is -0.154. The zero-order valence-electron chi connectivity index (χ0n) is 20.5. The second kappa shape index (κ2) is 9.00. The molecule has 1 aromatic heterocycles. The Morgan fingerprint density at radius 3 is 1.72 bits per heavy atom. The molecule has 0 saturated carbocycles. The van der Waals surface area contributed by atoms with E-state index in [0.29, 0.717) is 9.90 Å². The molecule has 39 heavy (non-hydrogen) atoms. The molecule has 0 radical (unpaired) electrons. The Balaban J connectivity index is 1.34. The van der Waals surface area contributed by atoms with E-state index < -0.39 is 36.1 Å². The number of hydrogen-bond donors (Lipinski definition) is 0. The van der Waals surface area contributed by atoms with E-state index in [1.807, 2.05) is 48.5 Å². The molecule has 0 N–H and O–H groups in total. The van der Waals surface area contributed by atoms with Gasteiger partial charge in [-0.25, -0.2) is 5.01 Å². The van der Waals surface area contributed by atoms with E-state index in [2.05, 4.69) is 0 Å². The Morgan fingerprint density at radius 2 is 1.26 bits per heavy atom. The molecule has 0 unspecified atom stereocenters. The summed E-state index contributed by atoms with van der Waals surface area (Å²) in [5.74, 6) is -3.81. The topological polar surface area (TPSA) is 74.8 Å². The average molecular weight is 553 g/mol. The van der Waals surface area contributed by atoms with Crippen molar-refractivity contribution in [2.75, 3.05) is 6.54 Å². The van der Waals surface area contributed by atoms with Gasteiger partial charge < -0.3 is 0 Å². The minimum atomic E-state index is -0.662. The van der Waals surface area contributed by atoms with E-state index in [1.54, 1.807) is 29.6 Å². The normalized spacial score (nSPS) is 22.3. The van der Waals surface area contributed by atoms with Crippen molar-refractivity contribution in [3.8, 4) is 0 Å². The first-order chi connectivity index (χ1) is 19.0. The van der Waals surface area contributed by atoms with Gasteiger partial charge in [0.1, 0.15) is 6.54 Å². The minimum absolute atomic E-state index is 0.225. The van der Waals surface area contributed by atoms with Gasteiger partial charge in [-0.1, -0.05) is 66.2 Å². The maximum Gasteiger partial charge on any atom is 0.273 e. The summed E-state index contributed by atoms with van der Waals surface area (Å²) < 4.78 is 0. The Morgan fingerprint density at radius 1 is 0.744 bits per heavy atom. The van der Waals surface area contributed by atoms with Gasteiger partial charge in [0.15, 0.2) is 5.78 Å². The molecule has 2 heterocycles. The number of nitrogens with zero attached hydrogens (tertiary/aromatic N) is 2. The average Bonchev–Trinajstić information content (AvgIpc) is 3.59.